The number of aliphatic carboxylic acids is 1. The van der Waals surface area contributed by atoms with Crippen LogP contribution >= 0.6 is 11.6 Å². The van der Waals surface area contributed by atoms with Gasteiger partial charge in [0.15, 0.2) is 6.10 Å². The summed E-state index contributed by atoms with van der Waals surface area (Å²) < 4.78 is 25.7. The molecule has 0 spiro atoms. The van der Waals surface area contributed by atoms with Gasteiger partial charge < -0.3 is 10.2 Å². The van der Waals surface area contributed by atoms with E-state index < -0.39 is 34.3 Å². The lowest BCUT2D eigenvalue weighted by atomic mass is 10.1. The number of carbonyl (C=O) groups is 1. The number of benzene rings is 1. The number of rotatable bonds is 2. The van der Waals surface area contributed by atoms with Gasteiger partial charge >= 0.3 is 5.97 Å². The van der Waals surface area contributed by atoms with Gasteiger partial charge in [-0.3, -0.25) is 0 Å². The second-order valence-corrected chi connectivity index (χ2v) is 2.88. The maximum Gasteiger partial charge on any atom is 0.337 e. The minimum absolute atomic E-state index is 0.697. The first-order valence-electron chi connectivity index (χ1n) is 3.49. The molecule has 0 aliphatic carbocycles. The fraction of sp³-hybridized carbons (Fsp3) is 0.125. The van der Waals surface area contributed by atoms with Crippen molar-refractivity contribution >= 4 is 17.6 Å². The van der Waals surface area contributed by atoms with Crippen molar-refractivity contribution in [1.82, 2.24) is 0 Å². The first-order chi connectivity index (χ1) is 6.45. The van der Waals surface area contributed by atoms with Crippen LogP contribution in [0.25, 0.3) is 0 Å². The van der Waals surface area contributed by atoms with Gasteiger partial charge in [0.05, 0.1) is 5.02 Å². The van der Waals surface area contributed by atoms with E-state index in [9.17, 15) is 13.6 Å². The van der Waals surface area contributed by atoms with E-state index in [2.05, 4.69) is 0 Å². The molecule has 0 fully saturated rings. The number of halogens is 3. The third-order valence-electron chi connectivity index (χ3n) is 1.59. The molecule has 1 aromatic rings. The van der Waals surface area contributed by atoms with E-state index in [1.807, 2.05) is 0 Å². The summed E-state index contributed by atoms with van der Waals surface area (Å²) in [4.78, 5) is 10.3. The molecule has 76 valence electrons. The minimum atomic E-state index is -2.17. The van der Waals surface area contributed by atoms with E-state index in [1.54, 1.807) is 0 Å². The molecule has 6 heteroatoms. The lowest BCUT2D eigenvalue weighted by Crippen LogP contribution is -2.13. The van der Waals surface area contributed by atoms with Crippen molar-refractivity contribution < 1.29 is 23.8 Å². The number of carboxylic acid groups (broad SMARTS) is 1. The zero-order valence-electron chi connectivity index (χ0n) is 6.67. The fourth-order valence-electron chi connectivity index (χ4n) is 0.917. The molecule has 1 rings (SSSR count). The maximum atomic E-state index is 13.0. The predicted octanol–water partition coefficient (Wildman–Crippen LogP) is 1.74. The molecule has 0 amide bonds. The molecule has 0 saturated heterocycles. The van der Waals surface area contributed by atoms with Gasteiger partial charge in [-0.15, -0.1) is 0 Å². The topological polar surface area (TPSA) is 57.5 Å². The summed E-state index contributed by atoms with van der Waals surface area (Å²) in [6, 6.07) is 1.44. The zero-order chi connectivity index (χ0) is 10.9. The second-order valence-electron chi connectivity index (χ2n) is 2.50. The third-order valence-corrected chi connectivity index (χ3v) is 1.97. The summed E-state index contributed by atoms with van der Waals surface area (Å²) in [5, 5.41) is 16.6. The van der Waals surface area contributed by atoms with Crippen LogP contribution in [0.3, 0.4) is 0 Å². The predicted molar refractivity (Wildman–Crippen MR) is 44.0 cm³/mol. The van der Waals surface area contributed by atoms with Gasteiger partial charge in [-0.25, -0.2) is 13.6 Å². The lowest BCUT2D eigenvalue weighted by Gasteiger charge is -2.09. The van der Waals surface area contributed by atoms with E-state index in [0.717, 1.165) is 6.07 Å². The molecule has 0 unspecified atom stereocenters. The van der Waals surface area contributed by atoms with Gasteiger partial charge in [0.1, 0.15) is 11.6 Å². The summed E-state index contributed by atoms with van der Waals surface area (Å²) in [6.07, 6.45) is -2.17. The fourth-order valence-corrected chi connectivity index (χ4v) is 1.17. The molecule has 0 aromatic heterocycles. The minimum Gasteiger partial charge on any atom is -0.479 e. The lowest BCUT2D eigenvalue weighted by molar-refractivity contribution is -0.147. The highest BCUT2D eigenvalue weighted by Crippen LogP contribution is 2.28. The number of aliphatic hydroxyl groups is 1. The normalized spacial score (nSPS) is 12.6. The molecular weight excluding hydrogens is 218 g/mol. The molecule has 2 N–H and O–H groups in total. The molecule has 3 nitrogen and oxygen atoms in total. The van der Waals surface area contributed by atoms with E-state index in [4.69, 9.17) is 21.8 Å². The van der Waals surface area contributed by atoms with Crippen molar-refractivity contribution in [2.45, 2.75) is 6.10 Å². The first kappa shape index (κ1) is 10.9. The summed E-state index contributed by atoms with van der Waals surface area (Å²) in [7, 11) is 0. The van der Waals surface area contributed by atoms with Gasteiger partial charge in [0.2, 0.25) is 0 Å². The van der Waals surface area contributed by atoms with Gasteiger partial charge in [-0.05, 0) is 12.1 Å². The summed E-state index contributed by atoms with van der Waals surface area (Å²) in [6.45, 7) is 0. The number of hydrogen-bond donors (Lipinski definition) is 2. The first-order valence-corrected chi connectivity index (χ1v) is 3.87. The van der Waals surface area contributed by atoms with Crippen LogP contribution in [0, 0.1) is 11.6 Å². The highest BCUT2D eigenvalue weighted by atomic mass is 35.5. The Morgan fingerprint density at radius 3 is 2.36 bits per heavy atom. The molecule has 0 bridgehead atoms. The van der Waals surface area contributed by atoms with Gasteiger partial charge in [-0.2, -0.15) is 0 Å². The molecule has 0 aliphatic rings. The third kappa shape index (κ3) is 1.83. The van der Waals surface area contributed by atoms with Gasteiger partial charge in [0.25, 0.3) is 0 Å². The molecular formula is C8H5ClF2O3. The molecule has 1 atom stereocenters. The highest BCUT2D eigenvalue weighted by molar-refractivity contribution is 6.31. The zero-order valence-corrected chi connectivity index (χ0v) is 7.42. The summed E-state index contributed by atoms with van der Waals surface area (Å²) in [5.41, 5.74) is -0.765. The Hall–Kier alpha value is -1.20. The Morgan fingerprint density at radius 2 is 1.86 bits per heavy atom. The largest absolute Gasteiger partial charge is 0.479 e. The molecule has 0 saturated carbocycles. The Labute approximate surface area is 82.5 Å². The van der Waals surface area contributed by atoms with Crippen molar-refractivity contribution in [2.75, 3.05) is 0 Å². The maximum absolute atomic E-state index is 13.0. The summed E-state index contributed by atoms with van der Waals surface area (Å²) in [5.74, 6) is -3.74. The standard InChI is InChI=1S/C8H5ClF2O3/c9-6-4(11)2-1-3(10)5(6)7(12)8(13)14/h1-2,7,12H,(H,13,14)/t7-/m0/s1. The monoisotopic (exact) mass is 222 g/mol. The second kappa shape index (κ2) is 3.89. The number of hydrogen-bond acceptors (Lipinski definition) is 2. The van der Waals surface area contributed by atoms with Crippen LogP contribution in [0.5, 0.6) is 0 Å². The van der Waals surface area contributed by atoms with Crippen LogP contribution in [0.15, 0.2) is 12.1 Å². The van der Waals surface area contributed by atoms with Crippen LogP contribution in [-0.4, -0.2) is 16.2 Å². The van der Waals surface area contributed by atoms with Crippen molar-refractivity contribution in [1.29, 1.82) is 0 Å². The quantitative estimate of drug-likeness (QED) is 0.750. The Kier molecular flexibility index (Phi) is 3.03. The Balaban J connectivity index is 3.32. The van der Waals surface area contributed by atoms with Crippen LogP contribution in [0.1, 0.15) is 11.7 Å². The Bertz CT molecular complexity index is 381. The van der Waals surface area contributed by atoms with Crippen LogP contribution in [0.2, 0.25) is 5.02 Å². The molecule has 0 aliphatic heterocycles. The number of carboxylic acids is 1. The van der Waals surface area contributed by atoms with E-state index in [0.29, 0.717) is 6.07 Å². The van der Waals surface area contributed by atoms with Crippen molar-refractivity contribution in [2.24, 2.45) is 0 Å². The van der Waals surface area contributed by atoms with Gasteiger partial charge in [-0.1, -0.05) is 11.6 Å². The SMILES string of the molecule is O=C(O)[C@@H](O)c1c(F)ccc(F)c1Cl. The molecule has 0 heterocycles. The van der Waals surface area contributed by atoms with Crippen molar-refractivity contribution in [3.05, 3.63) is 34.4 Å². The van der Waals surface area contributed by atoms with Crippen molar-refractivity contribution in [3.63, 3.8) is 0 Å². The van der Waals surface area contributed by atoms with Crippen molar-refractivity contribution in [3.8, 4) is 0 Å². The Morgan fingerprint density at radius 1 is 1.36 bits per heavy atom. The highest BCUT2D eigenvalue weighted by Gasteiger charge is 2.24. The smallest absolute Gasteiger partial charge is 0.337 e. The van der Waals surface area contributed by atoms with Gasteiger partial charge in [0, 0.05) is 5.56 Å². The molecule has 1 aromatic carbocycles. The average Bonchev–Trinajstić information content (AvgIpc) is 2.12. The average molecular weight is 223 g/mol. The van der Waals surface area contributed by atoms with E-state index in [1.165, 1.54) is 0 Å². The molecule has 14 heavy (non-hydrogen) atoms. The molecule has 0 radical (unpaired) electrons. The van der Waals surface area contributed by atoms with Crippen LogP contribution in [-0.2, 0) is 4.79 Å². The van der Waals surface area contributed by atoms with E-state index >= 15 is 0 Å². The summed E-state index contributed by atoms with van der Waals surface area (Å²) >= 11 is 5.30. The van der Waals surface area contributed by atoms with E-state index in [-0.39, 0.29) is 0 Å². The van der Waals surface area contributed by atoms with Crippen LogP contribution in [0.4, 0.5) is 8.78 Å². The number of aliphatic hydroxyl groups excluding tert-OH is 1. The van der Waals surface area contributed by atoms with Crippen LogP contribution < -0.4 is 0 Å².